The summed E-state index contributed by atoms with van der Waals surface area (Å²) in [6.45, 7) is 6.74. The lowest BCUT2D eigenvalue weighted by atomic mass is 10.1. The van der Waals surface area contributed by atoms with Crippen LogP contribution < -0.4 is 11.1 Å². The topological polar surface area (TPSA) is 115 Å². The molecule has 9 nitrogen and oxygen atoms in total. The van der Waals surface area contributed by atoms with Gasteiger partial charge in [-0.05, 0) is 55.0 Å². The van der Waals surface area contributed by atoms with Crippen LogP contribution in [-0.2, 0) is 24.4 Å². The molecule has 1 aromatic carbocycles. The first-order valence-corrected chi connectivity index (χ1v) is 12.5. The van der Waals surface area contributed by atoms with Crippen LogP contribution in [0.2, 0.25) is 0 Å². The molecule has 1 saturated heterocycles. The Morgan fingerprint density at radius 1 is 1.03 bits per heavy atom. The number of nitrogens with one attached hydrogen (secondary N) is 1. The molecule has 5 rings (SSSR count). The molecule has 36 heavy (non-hydrogen) atoms. The van der Waals surface area contributed by atoms with Crippen LogP contribution in [0.3, 0.4) is 0 Å². The molecular weight excluding hydrogens is 452 g/mol. The minimum absolute atomic E-state index is 0.267. The fourth-order valence-corrected chi connectivity index (χ4v) is 4.80. The van der Waals surface area contributed by atoms with Crippen molar-refractivity contribution in [3.05, 3.63) is 70.8 Å². The number of hydrogen-bond acceptors (Lipinski definition) is 7. The predicted molar refractivity (Wildman–Crippen MR) is 140 cm³/mol. The van der Waals surface area contributed by atoms with E-state index in [1.165, 1.54) is 6.33 Å². The molecule has 1 fully saturated rings. The van der Waals surface area contributed by atoms with E-state index in [0.29, 0.717) is 37.5 Å². The summed E-state index contributed by atoms with van der Waals surface area (Å²) in [4.78, 5) is 27.5. The third-order valence-electron chi connectivity index (χ3n) is 6.78. The monoisotopic (exact) mass is 484 g/mol. The fourth-order valence-electron chi connectivity index (χ4n) is 4.80. The zero-order valence-electron chi connectivity index (χ0n) is 20.9. The number of nitrogen functional groups attached to an aromatic ring is 1. The van der Waals surface area contributed by atoms with Gasteiger partial charge in [-0.2, -0.15) is 5.10 Å². The van der Waals surface area contributed by atoms with Gasteiger partial charge in [-0.1, -0.05) is 30.7 Å². The van der Waals surface area contributed by atoms with Gasteiger partial charge in [-0.15, -0.1) is 0 Å². The highest BCUT2D eigenvalue weighted by atomic mass is 16.2. The van der Waals surface area contributed by atoms with Gasteiger partial charge >= 0.3 is 0 Å². The first-order valence-electron chi connectivity index (χ1n) is 12.5. The van der Waals surface area contributed by atoms with E-state index in [-0.39, 0.29) is 5.91 Å². The molecule has 1 amide bonds. The Bertz CT molecular complexity index is 1360. The maximum absolute atomic E-state index is 12.3. The summed E-state index contributed by atoms with van der Waals surface area (Å²) < 4.78 is 1.89. The highest BCUT2D eigenvalue weighted by molar-refractivity contribution is 5.85. The number of amides is 1. The zero-order chi connectivity index (χ0) is 25.1. The Morgan fingerprint density at radius 3 is 2.58 bits per heavy atom. The summed E-state index contributed by atoms with van der Waals surface area (Å²) in [7, 11) is 0. The van der Waals surface area contributed by atoms with E-state index < -0.39 is 0 Å². The van der Waals surface area contributed by atoms with Gasteiger partial charge in [0.15, 0.2) is 5.65 Å². The molecule has 9 heteroatoms. The van der Waals surface area contributed by atoms with Gasteiger partial charge in [0, 0.05) is 37.9 Å². The number of aromatic nitrogens is 5. The van der Waals surface area contributed by atoms with Gasteiger partial charge in [0.2, 0.25) is 5.91 Å². The highest BCUT2D eigenvalue weighted by Gasteiger charge is 2.17. The lowest BCUT2D eigenvalue weighted by Crippen LogP contribution is -2.29. The van der Waals surface area contributed by atoms with Crippen molar-refractivity contribution in [3.63, 3.8) is 0 Å². The maximum Gasteiger partial charge on any atom is 0.222 e. The van der Waals surface area contributed by atoms with E-state index in [4.69, 9.17) is 5.73 Å². The van der Waals surface area contributed by atoms with E-state index in [2.05, 4.69) is 49.6 Å². The van der Waals surface area contributed by atoms with E-state index in [0.717, 1.165) is 65.0 Å². The molecule has 3 aromatic heterocycles. The normalized spacial score (nSPS) is 14.3. The number of benzene rings is 1. The number of fused-ring (bicyclic) bond motifs is 1. The number of aryl methyl sites for hydroxylation is 2. The lowest BCUT2D eigenvalue weighted by molar-refractivity contribution is -0.131. The molecular formula is C27H32N8O. The number of nitrogens with two attached hydrogens (primary N) is 1. The Labute approximate surface area is 210 Å². The van der Waals surface area contributed by atoms with E-state index in [1.54, 1.807) is 0 Å². The molecule has 186 valence electrons. The summed E-state index contributed by atoms with van der Waals surface area (Å²) in [5, 5.41) is 8.94. The third kappa shape index (κ3) is 5.30. The Balaban J connectivity index is 1.27. The second-order valence-corrected chi connectivity index (χ2v) is 9.51. The number of hydrogen-bond donors (Lipinski definition) is 2. The summed E-state index contributed by atoms with van der Waals surface area (Å²) in [6, 6.07) is 10.3. The number of anilines is 2. The second-order valence-electron chi connectivity index (χ2n) is 9.51. The van der Waals surface area contributed by atoms with Crippen LogP contribution in [0.15, 0.2) is 42.9 Å². The van der Waals surface area contributed by atoms with Crippen LogP contribution in [0.4, 0.5) is 11.6 Å². The standard InChI is InChI=1S/C27H32N8O/c1-18-12-24(28)32-19(2)22(18)13-29-26-23-16-35(33-27(23)31-17-30-26)15-21-9-7-20(8-10-21)14-34-11-5-3-4-6-25(34)36/h7-10,12,16-17H,3-6,11,13-15H2,1-2H3,(H2,28,32)(H,29,30,31,33). The summed E-state index contributed by atoms with van der Waals surface area (Å²) in [5.41, 5.74) is 11.9. The lowest BCUT2D eigenvalue weighted by Gasteiger charge is -2.20. The summed E-state index contributed by atoms with van der Waals surface area (Å²) >= 11 is 0. The summed E-state index contributed by atoms with van der Waals surface area (Å²) in [5.74, 6) is 1.53. The quantitative estimate of drug-likeness (QED) is 0.408. The molecule has 1 aliphatic heterocycles. The SMILES string of the molecule is Cc1cc(N)nc(C)c1CNc1ncnc2nn(Cc3ccc(CN4CCCCCC4=O)cc3)cc12. The molecule has 0 aliphatic carbocycles. The van der Waals surface area contributed by atoms with Crippen molar-refractivity contribution in [2.45, 2.75) is 59.2 Å². The van der Waals surface area contributed by atoms with Gasteiger partial charge in [0.25, 0.3) is 0 Å². The molecule has 0 radical (unpaired) electrons. The molecule has 4 aromatic rings. The number of carbonyl (C=O) groups excluding carboxylic acids is 1. The number of rotatable bonds is 7. The molecule has 0 saturated carbocycles. The van der Waals surface area contributed by atoms with Crippen LogP contribution in [0.1, 0.15) is 53.6 Å². The van der Waals surface area contributed by atoms with Crippen molar-refractivity contribution in [2.75, 3.05) is 17.6 Å². The average molecular weight is 485 g/mol. The van der Waals surface area contributed by atoms with Crippen molar-refractivity contribution in [3.8, 4) is 0 Å². The first-order chi connectivity index (χ1) is 17.5. The van der Waals surface area contributed by atoms with Gasteiger partial charge in [-0.25, -0.2) is 15.0 Å². The number of carbonyl (C=O) groups is 1. The minimum atomic E-state index is 0.267. The van der Waals surface area contributed by atoms with Crippen LogP contribution in [0.25, 0.3) is 11.0 Å². The Morgan fingerprint density at radius 2 is 1.81 bits per heavy atom. The van der Waals surface area contributed by atoms with Gasteiger partial charge < -0.3 is 16.0 Å². The average Bonchev–Trinajstić information content (AvgIpc) is 3.15. The number of likely N-dealkylation sites (tertiary alicyclic amines) is 1. The van der Waals surface area contributed by atoms with E-state index >= 15 is 0 Å². The summed E-state index contributed by atoms with van der Waals surface area (Å²) in [6.07, 6.45) is 7.41. The molecule has 0 spiro atoms. The fraction of sp³-hybridized carbons (Fsp3) is 0.370. The van der Waals surface area contributed by atoms with Crippen LogP contribution >= 0.6 is 0 Å². The molecule has 0 bridgehead atoms. The zero-order valence-corrected chi connectivity index (χ0v) is 20.9. The molecule has 1 aliphatic rings. The predicted octanol–water partition coefficient (Wildman–Crippen LogP) is 3.98. The van der Waals surface area contributed by atoms with Crippen molar-refractivity contribution in [1.82, 2.24) is 29.6 Å². The number of pyridine rings is 1. The van der Waals surface area contributed by atoms with Crippen molar-refractivity contribution >= 4 is 28.6 Å². The number of nitrogens with zero attached hydrogens (tertiary/aromatic N) is 6. The highest BCUT2D eigenvalue weighted by Crippen LogP contribution is 2.22. The van der Waals surface area contributed by atoms with Gasteiger partial charge in [-0.3, -0.25) is 9.48 Å². The van der Waals surface area contributed by atoms with E-state index in [9.17, 15) is 4.79 Å². The third-order valence-corrected chi connectivity index (χ3v) is 6.78. The van der Waals surface area contributed by atoms with Gasteiger partial charge in [0.05, 0.1) is 11.9 Å². The largest absolute Gasteiger partial charge is 0.384 e. The molecule has 0 atom stereocenters. The van der Waals surface area contributed by atoms with Crippen molar-refractivity contribution < 1.29 is 4.79 Å². The van der Waals surface area contributed by atoms with E-state index in [1.807, 2.05) is 35.7 Å². The maximum atomic E-state index is 12.3. The first kappa shape index (κ1) is 23.7. The van der Waals surface area contributed by atoms with Crippen LogP contribution in [0.5, 0.6) is 0 Å². The molecule has 3 N–H and O–H groups in total. The molecule has 0 unspecified atom stereocenters. The van der Waals surface area contributed by atoms with Crippen LogP contribution in [-0.4, -0.2) is 42.1 Å². The smallest absolute Gasteiger partial charge is 0.222 e. The Hall–Kier alpha value is -4.01. The second kappa shape index (κ2) is 10.3. The van der Waals surface area contributed by atoms with Crippen molar-refractivity contribution in [1.29, 1.82) is 0 Å². The molecule has 4 heterocycles. The van der Waals surface area contributed by atoms with Crippen LogP contribution in [0, 0.1) is 13.8 Å². The van der Waals surface area contributed by atoms with Crippen molar-refractivity contribution in [2.24, 2.45) is 0 Å². The minimum Gasteiger partial charge on any atom is -0.384 e. The Kier molecular flexibility index (Phi) is 6.79. The van der Waals surface area contributed by atoms with Gasteiger partial charge in [0.1, 0.15) is 18.0 Å².